The monoisotopic (exact) mass is 423 g/mol. The molecular formula is C24H33N5O2. The Morgan fingerprint density at radius 1 is 1.16 bits per heavy atom. The Bertz CT molecular complexity index is 875. The molecule has 0 unspecified atom stereocenters. The number of rotatable bonds is 7. The fourth-order valence-electron chi connectivity index (χ4n) is 4.98. The molecule has 2 aliphatic rings. The molecule has 1 saturated carbocycles. The lowest BCUT2D eigenvalue weighted by atomic mass is 9.88. The third-order valence-electron chi connectivity index (χ3n) is 6.67. The molecule has 1 N–H and O–H groups in total. The van der Waals surface area contributed by atoms with Gasteiger partial charge in [0, 0.05) is 44.4 Å². The van der Waals surface area contributed by atoms with Gasteiger partial charge in [0.15, 0.2) is 0 Å². The number of nitrogens with one attached hydrogen (secondary N) is 1. The summed E-state index contributed by atoms with van der Waals surface area (Å²) in [5.41, 5.74) is 1.36. The number of aryl methyl sites for hydroxylation is 1. The number of amides is 2. The lowest BCUT2D eigenvalue weighted by Gasteiger charge is -2.37. The van der Waals surface area contributed by atoms with Gasteiger partial charge < -0.3 is 10.2 Å². The van der Waals surface area contributed by atoms with Crippen LogP contribution in [0.2, 0.25) is 0 Å². The van der Waals surface area contributed by atoms with Gasteiger partial charge in [-0.15, -0.1) is 0 Å². The molecule has 2 amide bonds. The van der Waals surface area contributed by atoms with E-state index in [9.17, 15) is 9.59 Å². The van der Waals surface area contributed by atoms with E-state index in [0.29, 0.717) is 24.6 Å². The van der Waals surface area contributed by atoms with Crippen molar-refractivity contribution >= 4 is 11.8 Å². The van der Waals surface area contributed by atoms with Crippen LogP contribution in [0, 0.1) is 11.8 Å². The molecule has 4 rings (SSSR count). The SMILES string of the molecule is CCn1ccc(C(=O)N2CCC[C@@H]([C@@H](NC(=O)CC3CCCC3)c3ccccn3)C2)n1. The topological polar surface area (TPSA) is 80.1 Å². The first kappa shape index (κ1) is 21.5. The Kier molecular flexibility index (Phi) is 6.99. The average Bonchev–Trinajstić information content (AvgIpc) is 3.50. The van der Waals surface area contributed by atoms with Crippen LogP contribution in [0.25, 0.3) is 0 Å². The predicted octanol–water partition coefficient (Wildman–Crippen LogP) is 3.59. The summed E-state index contributed by atoms with van der Waals surface area (Å²) in [7, 11) is 0. The Labute approximate surface area is 184 Å². The summed E-state index contributed by atoms with van der Waals surface area (Å²) >= 11 is 0. The summed E-state index contributed by atoms with van der Waals surface area (Å²) < 4.78 is 1.77. The standard InChI is InChI=1S/C24H33N5O2/c1-2-29-15-12-21(27-29)24(31)28-14-7-10-19(17-28)23(20-11-5-6-13-25-20)26-22(30)16-18-8-3-4-9-18/h5-6,11-13,15,18-19,23H,2-4,7-10,14,16-17H2,1H3,(H,26,30)/t19-,23-/m1/s1. The van der Waals surface area contributed by atoms with Crippen molar-refractivity contribution in [2.45, 2.75) is 64.5 Å². The summed E-state index contributed by atoms with van der Waals surface area (Å²) in [6.45, 7) is 4.07. The predicted molar refractivity (Wildman–Crippen MR) is 118 cm³/mol. The Morgan fingerprint density at radius 3 is 2.71 bits per heavy atom. The van der Waals surface area contributed by atoms with Crippen molar-refractivity contribution in [3.63, 3.8) is 0 Å². The summed E-state index contributed by atoms with van der Waals surface area (Å²) in [5.74, 6) is 0.706. The van der Waals surface area contributed by atoms with Gasteiger partial charge in [-0.1, -0.05) is 18.9 Å². The number of aromatic nitrogens is 3. The van der Waals surface area contributed by atoms with Crippen molar-refractivity contribution in [2.24, 2.45) is 11.8 Å². The Balaban J connectivity index is 1.47. The maximum absolute atomic E-state index is 13.0. The molecule has 1 aliphatic heterocycles. The van der Waals surface area contributed by atoms with E-state index in [1.807, 2.05) is 36.2 Å². The number of pyridine rings is 1. The molecule has 2 aromatic rings. The smallest absolute Gasteiger partial charge is 0.274 e. The van der Waals surface area contributed by atoms with Gasteiger partial charge in [0.2, 0.25) is 5.91 Å². The summed E-state index contributed by atoms with van der Waals surface area (Å²) in [6, 6.07) is 7.43. The molecule has 7 nitrogen and oxygen atoms in total. The molecule has 0 spiro atoms. The van der Waals surface area contributed by atoms with Gasteiger partial charge in [-0.2, -0.15) is 5.10 Å². The highest BCUT2D eigenvalue weighted by Crippen LogP contribution is 2.31. The highest BCUT2D eigenvalue weighted by molar-refractivity contribution is 5.92. The lowest BCUT2D eigenvalue weighted by molar-refractivity contribution is -0.123. The van der Waals surface area contributed by atoms with Crippen LogP contribution < -0.4 is 5.32 Å². The van der Waals surface area contributed by atoms with Crippen LogP contribution in [-0.4, -0.2) is 44.6 Å². The molecular weight excluding hydrogens is 390 g/mol. The van der Waals surface area contributed by atoms with Crippen molar-refractivity contribution in [2.75, 3.05) is 13.1 Å². The molecule has 0 bridgehead atoms. The molecule has 1 saturated heterocycles. The van der Waals surface area contributed by atoms with Crippen molar-refractivity contribution < 1.29 is 9.59 Å². The maximum Gasteiger partial charge on any atom is 0.274 e. The fourth-order valence-corrected chi connectivity index (χ4v) is 4.98. The van der Waals surface area contributed by atoms with E-state index >= 15 is 0 Å². The van der Waals surface area contributed by atoms with Crippen molar-refractivity contribution in [3.8, 4) is 0 Å². The van der Waals surface area contributed by atoms with E-state index in [1.165, 1.54) is 12.8 Å². The van der Waals surface area contributed by atoms with Gasteiger partial charge in [0.05, 0.1) is 11.7 Å². The van der Waals surface area contributed by atoms with Crippen LogP contribution >= 0.6 is 0 Å². The molecule has 7 heteroatoms. The van der Waals surface area contributed by atoms with Gasteiger partial charge >= 0.3 is 0 Å². The quantitative estimate of drug-likeness (QED) is 0.738. The summed E-state index contributed by atoms with van der Waals surface area (Å²) in [4.78, 5) is 32.3. The number of hydrogen-bond donors (Lipinski definition) is 1. The zero-order valence-electron chi connectivity index (χ0n) is 18.4. The first-order valence-corrected chi connectivity index (χ1v) is 11.7. The van der Waals surface area contributed by atoms with Gasteiger partial charge in [-0.25, -0.2) is 0 Å². The molecule has 2 atom stereocenters. The highest BCUT2D eigenvalue weighted by Gasteiger charge is 2.33. The maximum atomic E-state index is 13.0. The molecule has 166 valence electrons. The zero-order chi connectivity index (χ0) is 21.6. The van der Waals surface area contributed by atoms with Crippen LogP contribution in [0.1, 0.15) is 74.1 Å². The van der Waals surface area contributed by atoms with Crippen LogP contribution in [-0.2, 0) is 11.3 Å². The van der Waals surface area contributed by atoms with E-state index in [4.69, 9.17) is 0 Å². The minimum atomic E-state index is -0.182. The fraction of sp³-hybridized carbons (Fsp3) is 0.583. The van der Waals surface area contributed by atoms with Crippen LogP contribution in [0.3, 0.4) is 0 Å². The summed E-state index contributed by atoms with van der Waals surface area (Å²) in [5, 5.41) is 7.66. The number of hydrogen-bond acceptors (Lipinski definition) is 4. The van der Waals surface area contributed by atoms with Crippen molar-refractivity contribution in [1.82, 2.24) is 25.0 Å². The minimum absolute atomic E-state index is 0.0334. The van der Waals surface area contributed by atoms with E-state index in [-0.39, 0.29) is 23.8 Å². The minimum Gasteiger partial charge on any atom is -0.347 e. The largest absolute Gasteiger partial charge is 0.347 e. The van der Waals surface area contributed by atoms with Crippen molar-refractivity contribution in [1.29, 1.82) is 0 Å². The zero-order valence-corrected chi connectivity index (χ0v) is 18.4. The average molecular weight is 424 g/mol. The summed E-state index contributed by atoms with van der Waals surface area (Å²) in [6.07, 6.45) is 10.8. The number of likely N-dealkylation sites (tertiary alicyclic amines) is 1. The first-order chi connectivity index (χ1) is 15.1. The number of carbonyl (C=O) groups is 2. The number of nitrogens with zero attached hydrogens (tertiary/aromatic N) is 4. The number of piperidine rings is 1. The van der Waals surface area contributed by atoms with Gasteiger partial charge in [0.1, 0.15) is 5.69 Å². The van der Waals surface area contributed by atoms with Gasteiger partial charge in [-0.3, -0.25) is 19.3 Å². The molecule has 1 aliphatic carbocycles. The Morgan fingerprint density at radius 2 is 2.00 bits per heavy atom. The van der Waals surface area contributed by atoms with Crippen LogP contribution in [0.5, 0.6) is 0 Å². The lowest BCUT2D eigenvalue weighted by Crippen LogP contribution is -2.45. The third-order valence-corrected chi connectivity index (χ3v) is 6.67. The second-order valence-corrected chi connectivity index (χ2v) is 8.86. The van der Waals surface area contributed by atoms with Crippen molar-refractivity contribution in [3.05, 3.63) is 48.0 Å². The normalized spacial score (nSPS) is 20.5. The van der Waals surface area contributed by atoms with E-state index in [2.05, 4.69) is 15.4 Å². The second kappa shape index (κ2) is 10.1. The molecule has 2 aromatic heterocycles. The van der Waals surface area contributed by atoms with Gasteiger partial charge in [-0.05, 0) is 56.7 Å². The van der Waals surface area contributed by atoms with Gasteiger partial charge in [0.25, 0.3) is 5.91 Å². The first-order valence-electron chi connectivity index (χ1n) is 11.7. The second-order valence-electron chi connectivity index (χ2n) is 8.86. The molecule has 2 fully saturated rings. The van der Waals surface area contributed by atoms with E-state index < -0.39 is 0 Å². The molecule has 0 aromatic carbocycles. The van der Waals surface area contributed by atoms with E-state index in [0.717, 1.165) is 44.5 Å². The highest BCUT2D eigenvalue weighted by atomic mass is 16.2. The molecule has 3 heterocycles. The Hall–Kier alpha value is -2.70. The third kappa shape index (κ3) is 5.32. The molecule has 31 heavy (non-hydrogen) atoms. The van der Waals surface area contributed by atoms with Crippen LogP contribution in [0.15, 0.2) is 36.7 Å². The molecule has 0 radical (unpaired) electrons. The van der Waals surface area contributed by atoms with Crippen LogP contribution in [0.4, 0.5) is 0 Å². The van der Waals surface area contributed by atoms with E-state index in [1.54, 1.807) is 16.9 Å². The number of carbonyl (C=O) groups excluding carboxylic acids is 2.